The number of piperazine rings is 1. The van der Waals surface area contributed by atoms with E-state index in [2.05, 4.69) is 37.4 Å². The fourth-order valence-corrected chi connectivity index (χ4v) is 2.87. The summed E-state index contributed by atoms with van der Waals surface area (Å²) in [6.45, 7) is 6.19. The maximum Gasteiger partial charge on any atom is 0.221 e. The molecule has 1 aliphatic heterocycles. The molecular formula is C17H20ClN5O. The zero-order valence-corrected chi connectivity index (χ0v) is 14.3. The quantitative estimate of drug-likeness (QED) is 0.922. The summed E-state index contributed by atoms with van der Waals surface area (Å²) < 4.78 is 0. The first kappa shape index (κ1) is 16.7. The van der Waals surface area contributed by atoms with Crippen molar-refractivity contribution in [1.29, 1.82) is 0 Å². The lowest BCUT2D eigenvalue weighted by atomic mass is 10.1. The second kappa shape index (κ2) is 7.59. The van der Waals surface area contributed by atoms with Gasteiger partial charge in [-0.3, -0.25) is 9.69 Å². The van der Waals surface area contributed by atoms with Crippen molar-refractivity contribution in [2.45, 2.75) is 13.5 Å². The smallest absolute Gasteiger partial charge is 0.221 e. The van der Waals surface area contributed by atoms with E-state index >= 15 is 0 Å². The molecule has 0 atom stereocenters. The molecule has 2 aromatic rings. The topological polar surface area (TPSA) is 61.4 Å². The van der Waals surface area contributed by atoms with Crippen LogP contribution in [0, 0.1) is 0 Å². The molecule has 24 heavy (non-hydrogen) atoms. The number of benzene rings is 1. The van der Waals surface area contributed by atoms with Crippen LogP contribution < -0.4 is 10.2 Å². The second-order valence-corrected chi connectivity index (χ2v) is 6.24. The highest BCUT2D eigenvalue weighted by Crippen LogP contribution is 2.16. The van der Waals surface area contributed by atoms with E-state index < -0.39 is 0 Å². The van der Waals surface area contributed by atoms with Gasteiger partial charge in [0.15, 0.2) is 11.0 Å². The molecule has 1 aliphatic rings. The van der Waals surface area contributed by atoms with Crippen molar-refractivity contribution in [3.05, 3.63) is 47.1 Å². The van der Waals surface area contributed by atoms with Crippen LogP contribution >= 0.6 is 11.6 Å². The molecule has 0 aliphatic carbocycles. The number of carbonyl (C=O) groups excluding carboxylic acids is 1. The summed E-state index contributed by atoms with van der Waals surface area (Å²) in [5.74, 6) is 0.822. The molecule has 1 N–H and O–H groups in total. The Morgan fingerprint density at radius 1 is 1.08 bits per heavy atom. The normalized spacial score (nSPS) is 15.3. The molecule has 0 radical (unpaired) electrons. The van der Waals surface area contributed by atoms with E-state index in [1.54, 1.807) is 6.07 Å². The summed E-state index contributed by atoms with van der Waals surface area (Å²) in [7, 11) is 0. The molecule has 126 valence electrons. The largest absolute Gasteiger partial charge is 0.353 e. The maximum atomic E-state index is 11.0. The Balaban J connectivity index is 1.51. The monoisotopic (exact) mass is 345 g/mol. The van der Waals surface area contributed by atoms with Crippen molar-refractivity contribution in [1.82, 2.24) is 15.1 Å². The number of hydrogen-bond donors (Lipinski definition) is 1. The van der Waals surface area contributed by atoms with Gasteiger partial charge in [-0.25, -0.2) is 0 Å². The van der Waals surface area contributed by atoms with Crippen molar-refractivity contribution in [3.63, 3.8) is 0 Å². The predicted molar refractivity (Wildman–Crippen MR) is 95.3 cm³/mol. The van der Waals surface area contributed by atoms with Gasteiger partial charge in [-0.2, -0.15) is 0 Å². The highest BCUT2D eigenvalue weighted by atomic mass is 35.5. The van der Waals surface area contributed by atoms with Gasteiger partial charge in [0.2, 0.25) is 5.91 Å². The van der Waals surface area contributed by atoms with Gasteiger partial charge in [0.25, 0.3) is 0 Å². The molecule has 1 saturated heterocycles. The van der Waals surface area contributed by atoms with E-state index in [1.807, 2.05) is 18.2 Å². The van der Waals surface area contributed by atoms with Crippen molar-refractivity contribution < 1.29 is 4.79 Å². The van der Waals surface area contributed by atoms with E-state index in [0.717, 1.165) is 44.2 Å². The average Bonchev–Trinajstić information content (AvgIpc) is 2.58. The van der Waals surface area contributed by atoms with E-state index in [-0.39, 0.29) is 5.91 Å². The number of amides is 1. The number of halogens is 1. The molecule has 2 heterocycles. The summed E-state index contributed by atoms with van der Waals surface area (Å²) in [4.78, 5) is 15.7. The third-order valence-corrected chi connectivity index (χ3v) is 4.20. The third-order valence-electron chi connectivity index (χ3n) is 3.99. The molecule has 1 amide bonds. The standard InChI is InChI=1S/C17H20ClN5O/c1-13(24)19-15-4-2-14(3-5-15)12-22-8-10-23(11-9-22)17-7-6-16(18)20-21-17/h2-7H,8-12H2,1H3,(H,19,24). The van der Waals surface area contributed by atoms with E-state index in [1.165, 1.54) is 12.5 Å². The van der Waals surface area contributed by atoms with Gasteiger partial charge in [0, 0.05) is 45.3 Å². The minimum absolute atomic E-state index is 0.0517. The lowest BCUT2D eigenvalue weighted by molar-refractivity contribution is -0.114. The van der Waals surface area contributed by atoms with Gasteiger partial charge in [-0.1, -0.05) is 23.7 Å². The summed E-state index contributed by atoms with van der Waals surface area (Å²) in [5, 5.41) is 11.2. The number of rotatable bonds is 4. The fraction of sp³-hybridized carbons (Fsp3) is 0.353. The highest BCUT2D eigenvalue weighted by Gasteiger charge is 2.18. The molecular weight excluding hydrogens is 326 g/mol. The molecule has 6 nitrogen and oxygen atoms in total. The highest BCUT2D eigenvalue weighted by molar-refractivity contribution is 6.29. The predicted octanol–water partition coefficient (Wildman–Crippen LogP) is 2.41. The Morgan fingerprint density at radius 2 is 1.79 bits per heavy atom. The second-order valence-electron chi connectivity index (χ2n) is 5.86. The Kier molecular flexibility index (Phi) is 5.27. The van der Waals surface area contributed by atoms with Crippen molar-refractivity contribution in [3.8, 4) is 0 Å². The summed E-state index contributed by atoms with van der Waals surface area (Å²) in [5.41, 5.74) is 2.07. The van der Waals surface area contributed by atoms with Crippen LogP contribution in [0.25, 0.3) is 0 Å². The maximum absolute atomic E-state index is 11.0. The number of carbonyl (C=O) groups is 1. The minimum atomic E-state index is -0.0517. The van der Waals surface area contributed by atoms with Crippen LogP contribution in [-0.2, 0) is 11.3 Å². The van der Waals surface area contributed by atoms with E-state index in [9.17, 15) is 4.79 Å². The molecule has 3 rings (SSSR count). The van der Waals surface area contributed by atoms with Gasteiger partial charge in [0.1, 0.15) is 0 Å². The Hall–Kier alpha value is -2.18. The van der Waals surface area contributed by atoms with E-state index in [4.69, 9.17) is 11.6 Å². The van der Waals surface area contributed by atoms with Crippen LogP contribution in [0.5, 0.6) is 0 Å². The number of nitrogens with one attached hydrogen (secondary N) is 1. The molecule has 0 bridgehead atoms. The number of hydrogen-bond acceptors (Lipinski definition) is 5. The van der Waals surface area contributed by atoms with Crippen LogP contribution in [-0.4, -0.2) is 47.2 Å². The fourth-order valence-electron chi connectivity index (χ4n) is 2.77. The van der Waals surface area contributed by atoms with E-state index in [0.29, 0.717) is 5.15 Å². The van der Waals surface area contributed by atoms with Gasteiger partial charge >= 0.3 is 0 Å². The van der Waals surface area contributed by atoms with Gasteiger partial charge < -0.3 is 10.2 Å². The van der Waals surface area contributed by atoms with Crippen molar-refractivity contribution in [2.24, 2.45) is 0 Å². The summed E-state index contributed by atoms with van der Waals surface area (Å²) in [6.07, 6.45) is 0. The Labute approximate surface area is 146 Å². The van der Waals surface area contributed by atoms with Gasteiger partial charge in [0.05, 0.1) is 0 Å². The zero-order chi connectivity index (χ0) is 16.9. The van der Waals surface area contributed by atoms with Crippen molar-refractivity contribution >= 4 is 29.0 Å². The van der Waals surface area contributed by atoms with Crippen LogP contribution in [0.1, 0.15) is 12.5 Å². The van der Waals surface area contributed by atoms with Crippen molar-refractivity contribution in [2.75, 3.05) is 36.4 Å². The van der Waals surface area contributed by atoms with Crippen LogP contribution in [0.3, 0.4) is 0 Å². The summed E-state index contributed by atoms with van der Waals surface area (Å²) >= 11 is 5.78. The zero-order valence-electron chi connectivity index (χ0n) is 13.6. The Bertz CT molecular complexity index is 681. The first-order valence-corrected chi connectivity index (χ1v) is 8.31. The molecule has 0 saturated carbocycles. The third kappa shape index (κ3) is 4.43. The lowest BCUT2D eigenvalue weighted by Crippen LogP contribution is -2.46. The molecule has 0 spiro atoms. The van der Waals surface area contributed by atoms with Crippen LogP contribution in [0.2, 0.25) is 5.15 Å². The molecule has 1 fully saturated rings. The average molecular weight is 346 g/mol. The molecule has 0 unspecified atom stereocenters. The molecule has 1 aromatic heterocycles. The number of anilines is 2. The SMILES string of the molecule is CC(=O)Nc1ccc(CN2CCN(c3ccc(Cl)nn3)CC2)cc1. The van der Waals surface area contributed by atoms with Gasteiger partial charge in [-0.15, -0.1) is 10.2 Å². The summed E-state index contributed by atoms with van der Waals surface area (Å²) in [6, 6.07) is 11.7. The molecule has 7 heteroatoms. The lowest BCUT2D eigenvalue weighted by Gasteiger charge is -2.35. The molecule has 1 aromatic carbocycles. The van der Waals surface area contributed by atoms with Crippen LogP contribution in [0.4, 0.5) is 11.5 Å². The minimum Gasteiger partial charge on any atom is -0.353 e. The Morgan fingerprint density at radius 3 is 2.38 bits per heavy atom. The number of aromatic nitrogens is 2. The first-order chi connectivity index (χ1) is 11.6. The number of nitrogens with zero attached hydrogens (tertiary/aromatic N) is 4. The first-order valence-electron chi connectivity index (χ1n) is 7.93. The van der Waals surface area contributed by atoms with Gasteiger partial charge in [-0.05, 0) is 29.8 Å². The van der Waals surface area contributed by atoms with Crippen LogP contribution in [0.15, 0.2) is 36.4 Å².